The highest BCUT2D eigenvalue weighted by molar-refractivity contribution is 5.76. The zero-order chi connectivity index (χ0) is 68.5. The quantitative estimate of drug-likeness (QED) is 0.0261. The number of hydrogen-bond donors (Lipinski definition) is 6. The second kappa shape index (κ2) is 73.6. The van der Waals surface area contributed by atoms with Crippen LogP contribution in [0.5, 0.6) is 0 Å². The van der Waals surface area contributed by atoms with Crippen LogP contribution in [0.4, 0.5) is 0 Å². The average molecular weight is 1330 g/mol. The molecular weight excluding hydrogens is 1170 g/mol. The largest absolute Gasteiger partial charge is 0.394 e. The van der Waals surface area contributed by atoms with Gasteiger partial charge in [0.05, 0.1) is 25.4 Å². The molecule has 1 fully saturated rings. The Hall–Kier alpha value is -3.15. The van der Waals surface area contributed by atoms with E-state index in [2.05, 4.69) is 116 Å². The number of allylic oxidation sites excluding steroid dienone is 17. The van der Waals surface area contributed by atoms with Crippen LogP contribution >= 0.6 is 0 Å². The van der Waals surface area contributed by atoms with Crippen molar-refractivity contribution in [3.63, 3.8) is 0 Å². The number of amides is 1. The average Bonchev–Trinajstić information content (AvgIpc) is 0.836. The highest BCUT2D eigenvalue weighted by Crippen LogP contribution is 2.24. The smallest absolute Gasteiger partial charge is 0.220 e. The Bertz CT molecular complexity index is 1880. The topological polar surface area (TPSA) is 149 Å². The van der Waals surface area contributed by atoms with Crippen molar-refractivity contribution in [3.8, 4) is 0 Å². The van der Waals surface area contributed by atoms with Gasteiger partial charge in [-0.2, -0.15) is 0 Å². The third-order valence-corrected chi connectivity index (χ3v) is 18.8. The minimum absolute atomic E-state index is 0.183. The van der Waals surface area contributed by atoms with Gasteiger partial charge >= 0.3 is 0 Å². The predicted molar refractivity (Wildman–Crippen MR) is 410 cm³/mol. The second-order valence-electron chi connectivity index (χ2n) is 27.8. The Morgan fingerprint density at radius 2 is 0.663 bits per heavy atom. The molecule has 7 unspecified atom stereocenters. The van der Waals surface area contributed by atoms with Gasteiger partial charge in [0.2, 0.25) is 5.91 Å². The number of hydrogen-bond acceptors (Lipinski definition) is 8. The molecule has 95 heavy (non-hydrogen) atoms. The van der Waals surface area contributed by atoms with E-state index in [1.54, 1.807) is 6.08 Å². The van der Waals surface area contributed by atoms with Crippen molar-refractivity contribution in [2.75, 3.05) is 13.2 Å². The number of aliphatic hydroxyl groups excluding tert-OH is 5. The van der Waals surface area contributed by atoms with Crippen molar-refractivity contribution in [1.82, 2.24) is 5.32 Å². The van der Waals surface area contributed by atoms with Crippen LogP contribution in [0.1, 0.15) is 373 Å². The van der Waals surface area contributed by atoms with E-state index in [-0.39, 0.29) is 12.5 Å². The molecule has 0 aromatic carbocycles. The molecule has 0 aromatic rings. The van der Waals surface area contributed by atoms with E-state index < -0.39 is 49.5 Å². The lowest BCUT2D eigenvalue weighted by Gasteiger charge is -2.40. The minimum atomic E-state index is -1.58. The number of unbranched alkanes of at least 4 members (excludes halogenated alkanes) is 45. The van der Waals surface area contributed by atoms with Crippen molar-refractivity contribution >= 4 is 5.91 Å². The first-order valence-corrected chi connectivity index (χ1v) is 40.6. The SMILES string of the molecule is CC/C=C\C/C=C\C/C=C\C/C=C\C/C=C\C/C=C\C/C=C\CCCCCCCCCCCCCCCCCCCCCC(=O)NC(COC1OC(CO)C(O)C(O)C1O)C(O)/C=C/CC/C=C/CCCCCCCCCCCCCCCCCCCCCCCCCCC. The molecule has 9 nitrogen and oxygen atoms in total. The molecule has 1 rings (SSSR count). The van der Waals surface area contributed by atoms with Crippen LogP contribution < -0.4 is 5.32 Å². The highest BCUT2D eigenvalue weighted by atomic mass is 16.7. The van der Waals surface area contributed by atoms with Crippen LogP contribution in [-0.4, -0.2) is 87.5 Å². The number of carbonyl (C=O) groups excluding carboxylic acids is 1. The highest BCUT2D eigenvalue weighted by Gasteiger charge is 2.44. The van der Waals surface area contributed by atoms with E-state index in [0.717, 1.165) is 83.5 Å². The minimum Gasteiger partial charge on any atom is -0.394 e. The van der Waals surface area contributed by atoms with Gasteiger partial charge in [0, 0.05) is 6.42 Å². The van der Waals surface area contributed by atoms with Gasteiger partial charge in [0.25, 0.3) is 0 Å². The van der Waals surface area contributed by atoms with E-state index in [0.29, 0.717) is 6.42 Å². The Morgan fingerprint density at radius 1 is 0.368 bits per heavy atom. The zero-order valence-corrected chi connectivity index (χ0v) is 61.9. The fourth-order valence-electron chi connectivity index (χ4n) is 12.6. The number of aliphatic hydroxyl groups is 5. The fraction of sp³-hybridized carbons (Fsp3) is 0.779. The summed E-state index contributed by atoms with van der Waals surface area (Å²) in [5.74, 6) is -0.183. The van der Waals surface area contributed by atoms with Gasteiger partial charge in [-0.1, -0.05) is 386 Å². The van der Waals surface area contributed by atoms with Crippen LogP contribution in [0.15, 0.2) is 109 Å². The predicted octanol–water partition coefficient (Wildman–Crippen LogP) is 23.5. The molecule has 1 saturated heterocycles. The monoisotopic (exact) mass is 1330 g/mol. The lowest BCUT2D eigenvalue weighted by Crippen LogP contribution is -2.60. The first kappa shape index (κ1) is 89.9. The van der Waals surface area contributed by atoms with E-state index in [4.69, 9.17) is 9.47 Å². The third kappa shape index (κ3) is 61.7. The van der Waals surface area contributed by atoms with Gasteiger partial charge in [-0.3, -0.25) is 4.79 Å². The first-order chi connectivity index (χ1) is 46.8. The third-order valence-electron chi connectivity index (χ3n) is 18.8. The van der Waals surface area contributed by atoms with Crippen molar-refractivity contribution in [2.24, 2.45) is 0 Å². The fourth-order valence-corrected chi connectivity index (χ4v) is 12.6. The number of ether oxygens (including phenoxy) is 2. The summed E-state index contributed by atoms with van der Waals surface area (Å²) in [6, 6.07) is -0.828. The number of nitrogens with one attached hydrogen (secondary N) is 1. The molecule has 0 aliphatic carbocycles. The molecule has 6 N–H and O–H groups in total. The van der Waals surface area contributed by atoms with Crippen LogP contribution in [0.3, 0.4) is 0 Å². The molecule has 0 bridgehead atoms. The molecule has 0 aromatic heterocycles. The Morgan fingerprint density at radius 3 is 1.01 bits per heavy atom. The summed E-state index contributed by atoms with van der Waals surface area (Å²) in [6.45, 7) is 3.69. The maximum absolute atomic E-state index is 13.2. The Kier molecular flexibility index (Phi) is 69.6. The molecule has 550 valence electrons. The van der Waals surface area contributed by atoms with Gasteiger partial charge in [-0.05, 0) is 89.9 Å². The van der Waals surface area contributed by atoms with E-state index in [1.807, 2.05) is 6.08 Å². The van der Waals surface area contributed by atoms with E-state index >= 15 is 0 Å². The van der Waals surface area contributed by atoms with Gasteiger partial charge in [0.1, 0.15) is 24.4 Å². The van der Waals surface area contributed by atoms with Gasteiger partial charge < -0.3 is 40.3 Å². The normalized spacial score (nSPS) is 18.1. The molecule has 7 atom stereocenters. The molecule has 1 aliphatic rings. The van der Waals surface area contributed by atoms with Crippen LogP contribution in [0.25, 0.3) is 0 Å². The summed E-state index contributed by atoms with van der Waals surface area (Å²) in [4.78, 5) is 13.2. The summed E-state index contributed by atoms with van der Waals surface area (Å²) in [7, 11) is 0. The lowest BCUT2D eigenvalue weighted by atomic mass is 9.99. The summed E-state index contributed by atoms with van der Waals surface area (Å²) in [5, 5.41) is 54.9. The number of carbonyl (C=O) groups is 1. The molecule has 0 saturated carbocycles. The van der Waals surface area contributed by atoms with Crippen LogP contribution in [-0.2, 0) is 14.3 Å². The maximum atomic E-state index is 13.2. The van der Waals surface area contributed by atoms with Crippen LogP contribution in [0, 0.1) is 0 Å². The van der Waals surface area contributed by atoms with Crippen LogP contribution in [0.2, 0.25) is 0 Å². The second-order valence-corrected chi connectivity index (χ2v) is 27.8. The molecule has 0 spiro atoms. The van der Waals surface area contributed by atoms with Crippen molar-refractivity contribution < 1.29 is 39.8 Å². The molecule has 1 heterocycles. The van der Waals surface area contributed by atoms with Crippen molar-refractivity contribution in [2.45, 2.75) is 416 Å². The zero-order valence-electron chi connectivity index (χ0n) is 61.9. The summed E-state index contributed by atoms with van der Waals surface area (Å²) in [6.07, 6.45) is 102. The Balaban J connectivity index is 2.08. The summed E-state index contributed by atoms with van der Waals surface area (Å²) < 4.78 is 11.3. The molecule has 9 heteroatoms. The summed E-state index contributed by atoms with van der Waals surface area (Å²) >= 11 is 0. The number of rotatable bonds is 71. The molecule has 0 radical (unpaired) electrons. The molecule has 1 amide bonds. The van der Waals surface area contributed by atoms with Gasteiger partial charge in [0.15, 0.2) is 6.29 Å². The summed E-state index contributed by atoms with van der Waals surface area (Å²) in [5.41, 5.74) is 0. The standard InChI is InChI=1S/C86H153NO8/c1-3-5-7-9-11-13-15-17-19-21-23-25-27-29-31-33-35-36-37-38-39-40-41-42-43-44-46-48-50-52-54-56-58-60-62-64-66-68-70-72-74-76-82(90)87-79(78-94-86-85(93)84(92)83(91)81(77-88)95-86)80(89)75-73-71-69-67-65-63-61-59-57-55-53-51-49-47-45-34-32-30-28-26-24-22-20-18-16-14-12-10-8-6-4-2/h5,7,11,13,17,19,23,25,29,31,35-36,38-39,65,67,73,75,79-81,83-86,88-89,91-93H,3-4,6,8-10,12,14-16,18,20-22,24,26-28,30,32-34,37,40-64,66,68-72,74,76-78H2,1-2H3,(H,87,90)/b7-5-,13-11-,19-17-,25-23-,31-29-,36-35-,39-38-,67-65+,75-73+. The van der Waals surface area contributed by atoms with Gasteiger partial charge in [-0.25, -0.2) is 0 Å². The first-order valence-electron chi connectivity index (χ1n) is 40.6. The van der Waals surface area contributed by atoms with E-state index in [9.17, 15) is 30.3 Å². The van der Waals surface area contributed by atoms with Gasteiger partial charge in [-0.15, -0.1) is 0 Å². The van der Waals surface area contributed by atoms with Crippen molar-refractivity contribution in [3.05, 3.63) is 109 Å². The van der Waals surface area contributed by atoms with E-state index in [1.165, 1.54) is 270 Å². The molecular formula is C86H153NO8. The maximum Gasteiger partial charge on any atom is 0.220 e. The Labute approximate surface area is 586 Å². The van der Waals surface area contributed by atoms with Crippen molar-refractivity contribution in [1.29, 1.82) is 0 Å². The molecule has 1 aliphatic heterocycles. The lowest BCUT2D eigenvalue weighted by molar-refractivity contribution is -0.302.